The van der Waals surface area contributed by atoms with E-state index in [1.807, 2.05) is 0 Å². The number of hydrogen-bond acceptors (Lipinski definition) is 4. The van der Waals surface area contributed by atoms with Crippen LogP contribution in [0.3, 0.4) is 0 Å². The molecule has 7 heteroatoms. The second kappa shape index (κ2) is 9.53. The van der Waals surface area contributed by atoms with Crippen molar-refractivity contribution in [1.82, 2.24) is 5.32 Å². The van der Waals surface area contributed by atoms with Crippen LogP contribution in [-0.2, 0) is 11.2 Å². The van der Waals surface area contributed by atoms with E-state index in [-0.39, 0.29) is 24.0 Å². The Kier molecular flexibility index (Phi) is 7.11. The molecule has 26 heavy (non-hydrogen) atoms. The zero-order chi connectivity index (χ0) is 18.9. The van der Waals surface area contributed by atoms with E-state index in [2.05, 4.69) is 10.6 Å². The highest BCUT2D eigenvalue weighted by molar-refractivity contribution is 6.03. The smallest absolute Gasteiger partial charge is 0.253 e. The van der Waals surface area contributed by atoms with E-state index in [0.717, 1.165) is 0 Å². The summed E-state index contributed by atoms with van der Waals surface area (Å²) in [5.41, 5.74) is 6.86. The Balaban J connectivity index is 1.98. The molecule has 4 N–H and O–H groups in total. The molecule has 0 saturated carbocycles. The van der Waals surface area contributed by atoms with Crippen LogP contribution >= 0.6 is 0 Å². The number of rotatable bonds is 8. The lowest BCUT2D eigenvalue weighted by atomic mass is 10.1. The summed E-state index contributed by atoms with van der Waals surface area (Å²) in [6, 6.07) is 11.3. The molecule has 0 heterocycles. The molecule has 2 amide bonds. The highest BCUT2D eigenvalue weighted by Gasteiger charge is 2.13. The number of anilines is 1. The number of amides is 2. The summed E-state index contributed by atoms with van der Waals surface area (Å²) in [5.74, 6) is -0.869. The minimum Gasteiger partial charge on any atom is -0.494 e. The monoisotopic (exact) mass is 359 g/mol. The molecule has 0 aromatic heterocycles. The summed E-state index contributed by atoms with van der Waals surface area (Å²) in [6.07, 6.45) is 0.527. The fraction of sp³-hybridized carbons (Fsp3) is 0.263. The molecular formula is C19H22FN3O3. The third-order valence-corrected chi connectivity index (χ3v) is 3.73. The molecule has 0 aliphatic heterocycles. The predicted octanol–water partition coefficient (Wildman–Crippen LogP) is 2.09. The highest BCUT2D eigenvalue weighted by atomic mass is 19.1. The van der Waals surface area contributed by atoms with E-state index in [1.54, 1.807) is 30.3 Å². The molecule has 0 atom stereocenters. The zero-order valence-corrected chi connectivity index (χ0v) is 14.5. The van der Waals surface area contributed by atoms with Gasteiger partial charge in [0.05, 0.1) is 18.4 Å². The molecule has 2 aromatic carbocycles. The van der Waals surface area contributed by atoms with Crippen molar-refractivity contribution in [3.63, 3.8) is 0 Å². The summed E-state index contributed by atoms with van der Waals surface area (Å²) in [6.45, 7) is 0.683. The summed E-state index contributed by atoms with van der Waals surface area (Å²) in [4.78, 5) is 24.3. The first-order valence-electron chi connectivity index (χ1n) is 8.24. The number of halogens is 1. The summed E-state index contributed by atoms with van der Waals surface area (Å²) in [7, 11) is 1.40. The number of para-hydroxylation sites is 1. The van der Waals surface area contributed by atoms with Gasteiger partial charge < -0.3 is 21.1 Å². The molecule has 0 fully saturated rings. The zero-order valence-electron chi connectivity index (χ0n) is 14.5. The SMILES string of the molecule is COc1ccc(CCC(=O)Nc2ccccc2C(=O)NCCN)cc1F. The van der Waals surface area contributed by atoms with Gasteiger partial charge in [0.15, 0.2) is 11.6 Å². The largest absolute Gasteiger partial charge is 0.494 e. The van der Waals surface area contributed by atoms with Crippen LogP contribution in [-0.4, -0.2) is 32.0 Å². The number of methoxy groups -OCH3 is 1. The number of carbonyl (C=O) groups is 2. The van der Waals surface area contributed by atoms with Gasteiger partial charge in [-0.2, -0.15) is 0 Å². The lowest BCUT2D eigenvalue weighted by Gasteiger charge is -2.11. The molecule has 2 rings (SSSR count). The molecule has 2 aromatic rings. The van der Waals surface area contributed by atoms with Gasteiger partial charge in [0.25, 0.3) is 5.91 Å². The lowest BCUT2D eigenvalue weighted by molar-refractivity contribution is -0.116. The van der Waals surface area contributed by atoms with E-state index >= 15 is 0 Å². The van der Waals surface area contributed by atoms with E-state index in [4.69, 9.17) is 10.5 Å². The molecule has 138 valence electrons. The minimum atomic E-state index is -0.465. The summed E-state index contributed by atoms with van der Waals surface area (Å²) >= 11 is 0. The molecule has 0 bridgehead atoms. The third-order valence-electron chi connectivity index (χ3n) is 3.73. The van der Waals surface area contributed by atoms with Gasteiger partial charge in [-0.3, -0.25) is 9.59 Å². The van der Waals surface area contributed by atoms with Crippen molar-refractivity contribution >= 4 is 17.5 Å². The maximum atomic E-state index is 13.7. The molecule has 0 aliphatic carbocycles. The van der Waals surface area contributed by atoms with Crippen LogP contribution in [0.4, 0.5) is 10.1 Å². The van der Waals surface area contributed by atoms with Crippen molar-refractivity contribution in [3.05, 3.63) is 59.4 Å². The summed E-state index contributed by atoms with van der Waals surface area (Å²) < 4.78 is 18.6. The number of ether oxygens (including phenoxy) is 1. The Labute approximate surface area is 151 Å². The van der Waals surface area contributed by atoms with Gasteiger partial charge in [-0.15, -0.1) is 0 Å². The number of hydrogen-bond donors (Lipinski definition) is 3. The fourth-order valence-electron chi connectivity index (χ4n) is 2.41. The topological polar surface area (TPSA) is 93.4 Å². The average Bonchev–Trinajstić information content (AvgIpc) is 2.65. The second-order valence-corrected chi connectivity index (χ2v) is 5.61. The number of carbonyl (C=O) groups excluding carboxylic acids is 2. The van der Waals surface area contributed by atoms with Crippen LogP contribution in [0.25, 0.3) is 0 Å². The van der Waals surface area contributed by atoms with Crippen molar-refractivity contribution in [1.29, 1.82) is 0 Å². The lowest BCUT2D eigenvalue weighted by Crippen LogP contribution is -2.30. The van der Waals surface area contributed by atoms with Crippen molar-refractivity contribution in [2.45, 2.75) is 12.8 Å². The first-order chi connectivity index (χ1) is 12.5. The number of nitrogens with one attached hydrogen (secondary N) is 2. The van der Waals surface area contributed by atoms with Crippen LogP contribution in [0, 0.1) is 5.82 Å². The van der Waals surface area contributed by atoms with Gasteiger partial charge in [0.2, 0.25) is 5.91 Å². The second-order valence-electron chi connectivity index (χ2n) is 5.61. The van der Waals surface area contributed by atoms with E-state index in [1.165, 1.54) is 19.2 Å². The quantitative estimate of drug-likeness (QED) is 0.673. The Morgan fingerprint density at radius 1 is 1.19 bits per heavy atom. The van der Waals surface area contributed by atoms with Gasteiger partial charge in [-0.25, -0.2) is 4.39 Å². The predicted molar refractivity (Wildman–Crippen MR) is 97.7 cm³/mol. The Hall–Kier alpha value is -2.93. The average molecular weight is 359 g/mol. The van der Waals surface area contributed by atoms with Crippen molar-refractivity contribution < 1.29 is 18.7 Å². The first-order valence-corrected chi connectivity index (χ1v) is 8.24. The standard InChI is InChI=1S/C19H22FN3O3/c1-26-17-8-6-13(12-15(17)20)7-9-18(24)23-16-5-3-2-4-14(16)19(25)22-11-10-21/h2-6,8,12H,7,9-11,21H2,1H3,(H,22,25)(H,23,24). The third kappa shape index (κ3) is 5.29. The maximum absolute atomic E-state index is 13.7. The van der Waals surface area contributed by atoms with E-state index < -0.39 is 5.82 Å². The fourth-order valence-corrected chi connectivity index (χ4v) is 2.41. The van der Waals surface area contributed by atoms with Gasteiger partial charge in [-0.1, -0.05) is 18.2 Å². The van der Waals surface area contributed by atoms with Gasteiger partial charge in [0, 0.05) is 19.5 Å². The first kappa shape index (κ1) is 19.4. The van der Waals surface area contributed by atoms with E-state index in [0.29, 0.717) is 36.3 Å². The molecule has 0 unspecified atom stereocenters. The van der Waals surface area contributed by atoms with E-state index in [9.17, 15) is 14.0 Å². The number of benzene rings is 2. The number of aryl methyl sites for hydroxylation is 1. The van der Waals surface area contributed by atoms with Crippen molar-refractivity contribution in [2.75, 3.05) is 25.5 Å². The summed E-state index contributed by atoms with van der Waals surface area (Å²) in [5, 5.41) is 5.39. The van der Waals surface area contributed by atoms with Crippen LogP contribution < -0.4 is 21.1 Å². The van der Waals surface area contributed by atoms with Gasteiger partial charge in [0.1, 0.15) is 0 Å². The Morgan fingerprint density at radius 3 is 2.65 bits per heavy atom. The Morgan fingerprint density at radius 2 is 1.96 bits per heavy atom. The van der Waals surface area contributed by atoms with Gasteiger partial charge >= 0.3 is 0 Å². The molecule has 0 spiro atoms. The van der Waals surface area contributed by atoms with Gasteiger partial charge in [-0.05, 0) is 36.2 Å². The van der Waals surface area contributed by atoms with Crippen LogP contribution in [0.1, 0.15) is 22.3 Å². The van der Waals surface area contributed by atoms with Crippen LogP contribution in [0.5, 0.6) is 5.75 Å². The van der Waals surface area contributed by atoms with Crippen LogP contribution in [0.15, 0.2) is 42.5 Å². The molecule has 6 nitrogen and oxygen atoms in total. The van der Waals surface area contributed by atoms with Crippen molar-refractivity contribution in [2.24, 2.45) is 5.73 Å². The van der Waals surface area contributed by atoms with Crippen LogP contribution in [0.2, 0.25) is 0 Å². The minimum absolute atomic E-state index is 0.157. The van der Waals surface area contributed by atoms with Crippen molar-refractivity contribution in [3.8, 4) is 5.75 Å². The highest BCUT2D eigenvalue weighted by Crippen LogP contribution is 2.19. The normalized spacial score (nSPS) is 10.3. The molecule has 0 aliphatic rings. The maximum Gasteiger partial charge on any atom is 0.253 e. The Bertz CT molecular complexity index is 780. The molecule has 0 radical (unpaired) electrons. The molecule has 0 saturated heterocycles. The number of nitrogens with two attached hydrogens (primary N) is 1. The molecular weight excluding hydrogens is 337 g/mol.